The van der Waals surface area contributed by atoms with Crippen LogP contribution in [0.3, 0.4) is 0 Å². The number of nitrogens with zero attached hydrogens (tertiary/aromatic N) is 4. The Balaban J connectivity index is 1.37. The fourth-order valence-electron chi connectivity index (χ4n) is 3.57. The number of hydrogen-bond donors (Lipinski definition) is 1. The van der Waals surface area contributed by atoms with Gasteiger partial charge < -0.3 is 10.2 Å². The van der Waals surface area contributed by atoms with Gasteiger partial charge in [0.1, 0.15) is 10.7 Å². The van der Waals surface area contributed by atoms with E-state index in [1.54, 1.807) is 40.6 Å². The molecule has 3 heterocycles. The number of carbonyl (C=O) groups is 2. The minimum Gasteiger partial charge on any atom is -0.349 e. The van der Waals surface area contributed by atoms with Crippen LogP contribution in [0.25, 0.3) is 0 Å². The number of amides is 3. The molecule has 0 spiro atoms. The van der Waals surface area contributed by atoms with Gasteiger partial charge in [0.15, 0.2) is 5.13 Å². The lowest BCUT2D eigenvalue weighted by Gasteiger charge is -2.16. The number of urea groups is 1. The Morgan fingerprint density at radius 2 is 2.03 bits per heavy atom. The van der Waals surface area contributed by atoms with Crippen LogP contribution in [0.4, 0.5) is 14.3 Å². The second-order valence-electron chi connectivity index (χ2n) is 8.19. The lowest BCUT2D eigenvalue weighted by atomic mass is 10.2. The maximum atomic E-state index is 13.1. The van der Waals surface area contributed by atoms with Crippen LogP contribution < -0.4 is 10.2 Å². The van der Waals surface area contributed by atoms with Crippen molar-refractivity contribution in [2.75, 3.05) is 30.3 Å². The monoisotopic (exact) mass is 475 g/mol. The summed E-state index contributed by atoms with van der Waals surface area (Å²) in [6.07, 6.45) is 0. The zero-order valence-corrected chi connectivity index (χ0v) is 19.9. The second kappa shape index (κ2) is 9.58. The molecular formula is C22H26FN5O2S2. The summed E-state index contributed by atoms with van der Waals surface area (Å²) in [5.41, 5.74) is 1.48. The molecule has 1 aromatic carbocycles. The van der Waals surface area contributed by atoms with Crippen molar-refractivity contribution in [1.29, 1.82) is 0 Å². The molecule has 1 atom stereocenters. The molecule has 0 aliphatic carbocycles. The second-order valence-corrected chi connectivity index (χ2v) is 10.2. The summed E-state index contributed by atoms with van der Waals surface area (Å²) in [6, 6.07) is 6.07. The number of benzene rings is 1. The molecule has 0 saturated carbocycles. The molecule has 3 amide bonds. The zero-order valence-electron chi connectivity index (χ0n) is 18.3. The molecule has 2 aliphatic heterocycles. The van der Waals surface area contributed by atoms with Crippen molar-refractivity contribution < 1.29 is 14.0 Å². The van der Waals surface area contributed by atoms with Crippen molar-refractivity contribution in [3.8, 4) is 0 Å². The standard InChI is InChI=1S/C22H26FN5O2S2/c1-13(2)20-26-17(12-31-20)10-24-19(29)18-14(3)25-21(32-18)28-9-8-27(22(28)30)11-15-4-6-16(23)7-5-15/h4-7,13,17H,8-12H2,1-3H3,(H,24,29). The molecule has 4 rings (SSSR count). The summed E-state index contributed by atoms with van der Waals surface area (Å²) < 4.78 is 13.1. The molecule has 1 saturated heterocycles. The van der Waals surface area contributed by atoms with E-state index in [1.165, 1.54) is 23.5 Å². The Bertz CT molecular complexity index is 1040. The molecule has 1 aromatic heterocycles. The van der Waals surface area contributed by atoms with E-state index in [9.17, 15) is 14.0 Å². The van der Waals surface area contributed by atoms with E-state index in [4.69, 9.17) is 0 Å². The van der Waals surface area contributed by atoms with Gasteiger partial charge in [0.2, 0.25) is 0 Å². The largest absolute Gasteiger partial charge is 0.349 e. The number of thioether (sulfide) groups is 1. The van der Waals surface area contributed by atoms with Crippen molar-refractivity contribution in [2.24, 2.45) is 10.9 Å². The van der Waals surface area contributed by atoms with Gasteiger partial charge in [-0.2, -0.15) is 0 Å². The summed E-state index contributed by atoms with van der Waals surface area (Å²) in [5.74, 6) is 0.810. The molecule has 1 unspecified atom stereocenters. The Hall–Kier alpha value is -2.46. The van der Waals surface area contributed by atoms with Crippen LogP contribution >= 0.6 is 23.1 Å². The van der Waals surface area contributed by atoms with Crippen LogP contribution in [-0.2, 0) is 6.54 Å². The van der Waals surface area contributed by atoms with Crippen LogP contribution in [0.15, 0.2) is 29.3 Å². The lowest BCUT2D eigenvalue weighted by molar-refractivity contribution is 0.0955. The quantitative estimate of drug-likeness (QED) is 0.658. The zero-order chi connectivity index (χ0) is 22.8. The lowest BCUT2D eigenvalue weighted by Crippen LogP contribution is -2.31. The van der Waals surface area contributed by atoms with E-state index < -0.39 is 0 Å². The normalized spacial score (nSPS) is 18.6. The molecule has 10 heteroatoms. The van der Waals surface area contributed by atoms with Gasteiger partial charge in [0.05, 0.1) is 16.8 Å². The highest BCUT2D eigenvalue weighted by Crippen LogP contribution is 2.29. The third-order valence-electron chi connectivity index (χ3n) is 5.33. The van der Waals surface area contributed by atoms with E-state index in [0.29, 0.717) is 47.8 Å². The predicted molar refractivity (Wildman–Crippen MR) is 127 cm³/mol. The van der Waals surface area contributed by atoms with Crippen LogP contribution in [0.1, 0.15) is 34.8 Å². The number of carbonyl (C=O) groups excluding carboxylic acids is 2. The van der Waals surface area contributed by atoms with Gasteiger partial charge >= 0.3 is 6.03 Å². The number of aryl methyl sites for hydroxylation is 1. The maximum Gasteiger partial charge on any atom is 0.326 e. The van der Waals surface area contributed by atoms with Crippen LogP contribution in [0, 0.1) is 18.7 Å². The number of nitrogens with one attached hydrogen (secondary N) is 1. The first-order chi connectivity index (χ1) is 15.3. The number of thiazole rings is 1. The summed E-state index contributed by atoms with van der Waals surface area (Å²) >= 11 is 2.98. The molecule has 0 bridgehead atoms. The van der Waals surface area contributed by atoms with E-state index in [1.807, 2.05) is 0 Å². The van der Waals surface area contributed by atoms with Gasteiger partial charge in [-0.05, 0) is 24.6 Å². The van der Waals surface area contributed by atoms with Gasteiger partial charge in [0, 0.05) is 37.8 Å². The van der Waals surface area contributed by atoms with Crippen molar-refractivity contribution in [3.63, 3.8) is 0 Å². The first-order valence-electron chi connectivity index (χ1n) is 10.6. The molecular weight excluding hydrogens is 449 g/mol. The summed E-state index contributed by atoms with van der Waals surface area (Å²) in [6.45, 7) is 7.97. The topological polar surface area (TPSA) is 77.9 Å². The van der Waals surface area contributed by atoms with Crippen molar-refractivity contribution in [2.45, 2.75) is 33.4 Å². The molecule has 0 radical (unpaired) electrons. The number of halogens is 1. The minimum atomic E-state index is -0.300. The Kier molecular flexibility index (Phi) is 6.80. The number of rotatable bonds is 7. The number of aliphatic imine (C=N–C) groups is 1. The average molecular weight is 476 g/mol. The average Bonchev–Trinajstić information content (AvgIpc) is 3.47. The third-order valence-corrected chi connectivity index (χ3v) is 7.93. The first-order valence-corrected chi connectivity index (χ1v) is 12.4. The highest BCUT2D eigenvalue weighted by Gasteiger charge is 2.32. The van der Waals surface area contributed by atoms with Crippen molar-refractivity contribution >= 4 is 45.2 Å². The molecule has 1 N–H and O–H groups in total. The number of anilines is 1. The maximum absolute atomic E-state index is 13.1. The van der Waals surface area contributed by atoms with E-state index in [2.05, 4.69) is 29.1 Å². The van der Waals surface area contributed by atoms with Crippen molar-refractivity contribution in [1.82, 2.24) is 15.2 Å². The summed E-state index contributed by atoms with van der Waals surface area (Å²) in [4.78, 5) is 38.6. The van der Waals surface area contributed by atoms with Gasteiger partial charge in [0.25, 0.3) is 5.91 Å². The van der Waals surface area contributed by atoms with Gasteiger partial charge in [-0.15, -0.1) is 11.8 Å². The van der Waals surface area contributed by atoms with Gasteiger partial charge in [-0.1, -0.05) is 37.3 Å². The molecule has 2 aliphatic rings. The van der Waals surface area contributed by atoms with Crippen LogP contribution in [0.2, 0.25) is 0 Å². The summed E-state index contributed by atoms with van der Waals surface area (Å²) in [5, 5.41) is 4.63. The third kappa shape index (κ3) is 4.96. The highest BCUT2D eigenvalue weighted by atomic mass is 32.2. The number of hydrogen-bond acceptors (Lipinski definition) is 6. The van der Waals surface area contributed by atoms with E-state index in [-0.39, 0.29) is 23.8 Å². The molecule has 7 nitrogen and oxygen atoms in total. The Morgan fingerprint density at radius 1 is 1.28 bits per heavy atom. The predicted octanol–water partition coefficient (Wildman–Crippen LogP) is 3.93. The van der Waals surface area contributed by atoms with E-state index >= 15 is 0 Å². The highest BCUT2D eigenvalue weighted by molar-refractivity contribution is 8.14. The van der Waals surface area contributed by atoms with Crippen molar-refractivity contribution in [3.05, 3.63) is 46.2 Å². The molecule has 1 fully saturated rings. The Labute approximate surface area is 195 Å². The van der Waals surface area contributed by atoms with Crippen LogP contribution in [-0.4, -0.2) is 58.3 Å². The fraction of sp³-hybridized carbons (Fsp3) is 0.455. The van der Waals surface area contributed by atoms with E-state index in [0.717, 1.165) is 16.4 Å². The first kappa shape index (κ1) is 22.7. The Morgan fingerprint density at radius 3 is 2.72 bits per heavy atom. The number of aromatic nitrogens is 1. The molecule has 32 heavy (non-hydrogen) atoms. The minimum absolute atomic E-state index is 0.0919. The fourth-order valence-corrected chi connectivity index (χ4v) is 5.69. The summed E-state index contributed by atoms with van der Waals surface area (Å²) in [7, 11) is 0. The SMILES string of the molecule is Cc1nc(N2CCN(Cc3ccc(F)cc3)C2=O)sc1C(=O)NCC1CSC(C(C)C)=N1. The smallest absolute Gasteiger partial charge is 0.326 e. The van der Waals surface area contributed by atoms with Gasteiger partial charge in [-0.3, -0.25) is 14.7 Å². The van der Waals surface area contributed by atoms with Crippen LogP contribution in [0.5, 0.6) is 0 Å². The molecule has 170 valence electrons. The van der Waals surface area contributed by atoms with Gasteiger partial charge in [-0.25, -0.2) is 14.2 Å². The molecule has 2 aromatic rings.